The third-order valence-electron chi connectivity index (χ3n) is 2.03. The predicted octanol–water partition coefficient (Wildman–Crippen LogP) is -0.00530. The molecule has 2 N–H and O–H groups in total. The molecule has 0 spiro atoms. The number of hydrogen-bond acceptors (Lipinski definition) is 6. The highest BCUT2D eigenvalue weighted by Crippen LogP contribution is 2.08. The van der Waals surface area contributed by atoms with E-state index in [1.807, 2.05) is 0 Å². The van der Waals surface area contributed by atoms with Gasteiger partial charge in [-0.05, 0) is 17.7 Å². The fourth-order valence-corrected chi connectivity index (χ4v) is 1.40. The molecule has 18 heavy (non-hydrogen) atoms. The smallest absolute Gasteiger partial charge is 0.273 e. The molecule has 0 aliphatic heterocycles. The molecule has 0 unspecified atom stereocenters. The highest BCUT2D eigenvalue weighted by Gasteiger charge is 2.13. The minimum absolute atomic E-state index is 0.0130. The quantitative estimate of drug-likeness (QED) is 0.821. The monoisotopic (exact) mass is 267 g/mol. The van der Waals surface area contributed by atoms with Crippen molar-refractivity contribution in [3.8, 4) is 5.95 Å². The van der Waals surface area contributed by atoms with Crippen molar-refractivity contribution >= 4 is 23.5 Å². The Morgan fingerprint density at radius 1 is 1.39 bits per heavy atom. The van der Waals surface area contributed by atoms with E-state index < -0.39 is 0 Å². The molecule has 8 nitrogen and oxygen atoms in total. The maximum Gasteiger partial charge on any atom is 0.273 e. The zero-order valence-electron chi connectivity index (χ0n) is 9.70. The van der Waals surface area contributed by atoms with E-state index in [0.29, 0.717) is 0 Å². The van der Waals surface area contributed by atoms with E-state index in [-0.39, 0.29) is 28.8 Å². The van der Waals surface area contributed by atoms with Crippen LogP contribution in [0.25, 0.3) is 5.95 Å². The van der Waals surface area contributed by atoms with Crippen LogP contribution in [0.15, 0.2) is 12.3 Å². The topological polar surface area (TPSA) is 103 Å². The third-order valence-corrected chi connectivity index (χ3v) is 2.20. The van der Waals surface area contributed by atoms with Crippen LogP contribution in [-0.2, 0) is 0 Å². The summed E-state index contributed by atoms with van der Waals surface area (Å²) in [5.41, 5.74) is 5.72. The van der Waals surface area contributed by atoms with Gasteiger partial charge in [-0.25, -0.2) is 4.68 Å². The van der Waals surface area contributed by atoms with Gasteiger partial charge in [0.25, 0.3) is 11.9 Å². The number of anilines is 1. The molecular formula is C9H10ClN7O. The van der Waals surface area contributed by atoms with Crippen LogP contribution >= 0.6 is 11.6 Å². The van der Waals surface area contributed by atoms with Gasteiger partial charge < -0.3 is 10.6 Å². The summed E-state index contributed by atoms with van der Waals surface area (Å²) in [4.78, 5) is 24.5. The lowest BCUT2D eigenvalue weighted by Gasteiger charge is -2.06. The average molecular weight is 268 g/mol. The lowest BCUT2D eigenvalue weighted by molar-refractivity contribution is 0.0821. The molecule has 0 aliphatic rings. The van der Waals surface area contributed by atoms with Gasteiger partial charge >= 0.3 is 0 Å². The minimum atomic E-state index is -0.220. The van der Waals surface area contributed by atoms with E-state index >= 15 is 0 Å². The molecule has 0 atom stereocenters. The van der Waals surface area contributed by atoms with Crippen molar-refractivity contribution in [3.05, 3.63) is 23.2 Å². The van der Waals surface area contributed by atoms with Crippen LogP contribution in [0.5, 0.6) is 0 Å². The number of amides is 1. The van der Waals surface area contributed by atoms with Crippen molar-refractivity contribution in [2.24, 2.45) is 0 Å². The molecule has 0 aliphatic carbocycles. The standard InChI is InChI=1S/C9H10ClN7O/c1-16(2)6(18)5-3-4-17(15-5)9-13-7(10)12-8(11)14-9/h3-4H,1-2H3,(H2,11,12,13,14). The second kappa shape index (κ2) is 4.57. The highest BCUT2D eigenvalue weighted by molar-refractivity contribution is 6.28. The number of carbonyl (C=O) groups is 1. The highest BCUT2D eigenvalue weighted by atomic mass is 35.5. The molecule has 2 aromatic rings. The second-order valence-electron chi connectivity index (χ2n) is 3.61. The molecule has 2 aromatic heterocycles. The van der Waals surface area contributed by atoms with Crippen LogP contribution in [0.3, 0.4) is 0 Å². The summed E-state index contributed by atoms with van der Waals surface area (Å²) in [6.07, 6.45) is 1.54. The number of hydrogen-bond donors (Lipinski definition) is 1. The Morgan fingerprint density at radius 2 is 2.11 bits per heavy atom. The van der Waals surface area contributed by atoms with Crippen molar-refractivity contribution < 1.29 is 4.79 Å². The molecule has 9 heteroatoms. The number of nitrogen functional groups attached to an aromatic ring is 1. The molecule has 2 rings (SSSR count). The van der Waals surface area contributed by atoms with Gasteiger partial charge in [0.1, 0.15) is 0 Å². The molecule has 0 aromatic carbocycles. The van der Waals surface area contributed by atoms with Gasteiger partial charge in [0.2, 0.25) is 11.2 Å². The molecule has 0 fully saturated rings. The normalized spacial score (nSPS) is 10.4. The van der Waals surface area contributed by atoms with Crippen LogP contribution < -0.4 is 5.73 Å². The zero-order valence-corrected chi connectivity index (χ0v) is 10.5. The van der Waals surface area contributed by atoms with Gasteiger partial charge in [0, 0.05) is 20.3 Å². The molecule has 0 radical (unpaired) electrons. The van der Waals surface area contributed by atoms with Gasteiger partial charge in [-0.15, -0.1) is 0 Å². The van der Waals surface area contributed by atoms with Gasteiger partial charge in [0.15, 0.2) is 5.69 Å². The van der Waals surface area contributed by atoms with Crippen molar-refractivity contribution in [2.45, 2.75) is 0 Å². The summed E-state index contributed by atoms with van der Waals surface area (Å²) >= 11 is 5.66. The van der Waals surface area contributed by atoms with Crippen molar-refractivity contribution in [1.29, 1.82) is 0 Å². The third kappa shape index (κ3) is 2.38. The van der Waals surface area contributed by atoms with Crippen molar-refractivity contribution in [2.75, 3.05) is 19.8 Å². The lowest BCUT2D eigenvalue weighted by Crippen LogP contribution is -2.22. The van der Waals surface area contributed by atoms with E-state index in [1.165, 1.54) is 9.58 Å². The maximum absolute atomic E-state index is 11.7. The van der Waals surface area contributed by atoms with E-state index in [2.05, 4.69) is 20.1 Å². The molecule has 1 amide bonds. The second-order valence-corrected chi connectivity index (χ2v) is 3.95. The molecule has 0 saturated heterocycles. The lowest BCUT2D eigenvalue weighted by atomic mass is 10.4. The number of nitrogens with zero attached hydrogens (tertiary/aromatic N) is 6. The largest absolute Gasteiger partial charge is 0.368 e. The Labute approximate surface area is 107 Å². The summed E-state index contributed by atoms with van der Waals surface area (Å²) in [7, 11) is 3.28. The Bertz CT molecular complexity index is 574. The summed E-state index contributed by atoms with van der Waals surface area (Å²) < 4.78 is 1.31. The van der Waals surface area contributed by atoms with Gasteiger partial charge in [-0.3, -0.25) is 4.79 Å². The Kier molecular flexibility index (Phi) is 3.11. The number of carbonyl (C=O) groups excluding carboxylic acids is 1. The molecule has 0 bridgehead atoms. The van der Waals surface area contributed by atoms with Crippen molar-refractivity contribution in [1.82, 2.24) is 29.6 Å². The Hall–Kier alpha value is -2.22. The van der Waals surface area contributed by atoms with Crippen LogP contribution in [0.1, 0.15) is 10.5 Å². The number of nitrogens with two attached hydrogens (primary N) is 1. The van der Waals surface area contributed by atoms with Crippen LogP contribution in [0.2, 0.25) is 5.28 Å². The predicted molar refractivity (Wildman–Crippen MR) is 64.4 cm³/mol. The van der Waals surface area contributed by atoms with Gasteiger partial charge in [0.05, 0.1) is 0 Å². The Morgan fingerprint density at radius 3 is 2.72 bits per heavy atom. The van der Waals surface area contributed by atoms with E-state index in [0.717, 1.165) is 0 Å². The Balaban J connectivity index is 2.38. The SMILES string of the molecule is CN(C)C(=O)c1ccn(-c2nc(N)nc(Cl)n2)n1. The first kappa shape index (κ1) is 12.2. The summed E-state index contributed by atoms with van der Waals surface area (Å²) in [6.45, 7) is 0. The van der Waals surface area contributed by atoms with E-state index in [9.17, 15) is 4.79 Å². The fraction of sp³-hybridized carbons (Fsp3) is 0.222. The number of aromatic nitrogens is 5. The van der Waals surface area contributed by atoms with Crippen LogP contribution in [0.4, 0.5) is 5.95 Å². The zero-order chi connectivity index (χ0) is 13.3. The number of rotatable bonds is 2. The van der Waals surface area contributed by atoms with Crippen LogP contribution in [-0.4, -0.2) is 49.6 Å². The molecule has 94 valence electrons. The summed E-state index contributed by atoms with van der Waals surface area (Å²) in [6, 6.07) is 1.55. The number of halogens is 1. The summed E-state index contributed by atoms with van der Waals surface area (Å²) in [5.74, 6) is -0.0758. The average Bonchev–Trinajstić information content (AvgIpc) is 2.75. The first-order chi connectivity index (χ1) is 8.47. The molecule has 0 saturated carbocycles. The first-order valence-corrected chi connectivity index (χ1v) is 5.30. The van der Waals surface area contributed by atoms with E-state index in [4.69, 9.17) is 17.3 Å². The molecular weight excluding hydrogens is 258 g/mol. The first-order valence-electron chi connectivity index (χ1n) is 4.92. The van der Waals surface area contributed by atoms with Gasteiger partial charge in [-0.2, -0.15) is 20.1 Å². The van der Waals surface area contributed by atoms with Crippen molar-refractivity contribution in [3.63, 3.8) is 0 Å². The summed E-state index contributed by atoms with van der Waals surface area (Å²) in [5, 5.41) is 4.01. The van der Waals surface area contributed by atoms with E-state index in [1.54, 1.807) is 26.4 Å². The fourth-order valence-electron chi connectivity index (χ4n) is 1.24. The van der Waals surface area contributed by atoms with Gasteiger partial charge in [-0.1, -0.05) is 0 Å². The maximum atomic E-state index is 11.7. The van der Waals surface area contributed by atoms with Crippen LogP contribution in [0, 0.1) is 0 Å². The molecule has 2 heterocycles. The minimum Gasteiger partial charge on any atom is -0.368 e.